The molecule has 0 amide bonds. The summed E-state index contributed by atoms with van der Waals surface area (Å²) >= 11 is 0. The van der Waals surface area contributed by atoms with E-state index in [9.17, 15) is 10.1 Å². The van der Waals surface area contributed by atoms with Crippen molar-refractivity contribution in [3.8, 4) is 17.6 Å². The van der Waals surface area contributed by atoms with Crippen LogP contribution >= 0.6 is 8.53 Å². The van der Waals surface area contributed by atoms with Crippen LogP contribution in [0.2, 0.25) is 18.1 Å². The van der Waals surface area contributed by atoms with Crippen molar-refractivity contribution in [1.29, 1.82) is 5.26 Å². The molecular formula is C30H46N5O6PSi. The van der Waals surface area contributed by atoms with E-state index in [4.69, 9.17) is 24.3 Å². The van der Waals surface area contributed by atoms with Gasteiger partial charge >= 0.3 is 5.69 Å². The molecule has 5 atom stereocenters. The predicted molar refractivity (Wildman–Crippen MR) is 170 cm³/mol. The first-order chi connectivity index (χ1) is 20.7. The Morgan fingerprint density at radius 2 is 1.91 bits per heavy atom. The number of hydrogen-bond acceptors (Lipinski definition) is 10. The van der Waals surface area contributed by atoms with Crippen molar-refractivity contribution in [1.82, 2.24) is 14.2 Å². The topological polar surface area (TPSA) is 120 Å². The van der Waals surface area contributed by atoms with Gasteiger partial charge in [0, 0.05) is 13.5 Å². The number of fused-ring (bicyclic) bond motifs is 2. The Kier molecular flexibility index (Phi) is 9.93. The van der Waals surface area contributed by atoms with Crippen LogP contribution in [0.5, 0.6) is 11.5 Å². The van der Waals surface area contributed by atoms with Gasteiger partial charge in [-0.2, -0.15) is 10.2 Å². The highest BCUT2D eigenvalue weighted by atomic mass is 31.2. The molecule has 0 bridgehead atoms. The van der Waals surface area contributed by atoms with Gasteiger partial charge in [-0.1, -0.05) is 32.9 Å². The monoisotopic (exact) mass is 632 g/mol. The highest BCUT2D eigenvalue weighted by Gasteiger charge is 2.52. The Bertz CT molecular complexity index is 1390. The normalized spacial score (nSPS) is 22.9. The van der Waals surface area contributed by atoms with E-state index in [-0.39, 0.29) is 37.0 Å². The molecule has 1 aromatic heterocycles. The minimum atomic E-state index is -2.47. The number of ether oxygens (including phenoxy) is 2. The molecule has 2 aliphatic heterocycles. The second-order valence-electron chi connectivity index (χ2n) is 12.9. The van der Waals surface area contributed by atoms with Gasteiger partial charge in [0.1, 0.15) is 12.2 Å². The summed E-state index contributed by atoms with van der Waals surface area (Å²) in [7, 11) is -4.14. The molecule has 11 nitrogen and oxygen atoms in total. The van der Waals surface area contributed by atoms with Crippen molar-refractivity contribution in [3.05, 3.63) is 40.9 Å². The zero-order valence-electron chi connectivity index (χ0n) is 27.7. The van der Waals surface area contributed by atoms with Gasteiger partial charge in [0.25, 0.3) is 8.53 Å². The van der Waals surface area contributed by atoms with Crippen molar-refractivity contribution in [2.75, 3.05) is 11.9 Å². The summed E-state index contributed by atoms with van der Waals surface area (Å²) in [5.41, 5.74) is 0.171. The van der Waals surface area contributed by atoms with E-state index >= 15 is 0 Å². The Morgan fingerprint density at radius 1 is 1.21 bits per heavy atom. The number of aromatic nitrogens is 2. The average Bonchev–Trinajstić information content (AvgIpc) is 3.26. The fraction of sp³-hybridized carbons (Fsp3) is 0.633. The SMILES string of the molecule is [2H]C[C@H]1O[C@@H](n2cc3c(nc2=O)Nc2ccccc2O3)[C@@H](O[Si](C)(C)C(C)(C)C)C1OP(OCCC#N)N(C(C)C)C(C)C. The molecule has 236 valence electrons. The van der Waals surface area contributed by atoms with E-state index in [1.807, 2.05) is 24.3 Å². The molecule has 1 saturated heterocycles. The lowest BCUT2D eigenvalue weighted by molar-refractivity contribution is -0.0313. The number of nitriles is 1. The highest BCUT2D eigenvalue weighted by Crippen LogP contribution is 2.52. The highest BCUT2D eigenvalue weighted by molar-refractivity contribution is 7.44. The molecule has 13 heteroatoms. The summed E-state index contributed by atoms with van der Waals surface area (Å²) in [6.07, 6.45) is -1.33. The van der Waals surface area contributed by atoms with E-state index in [1.54, 1.807) is 6.20 Å². The number of nitrogens with zero attached hydrogens (tertiary/aromatic N) is 4. The Balaban J connectivity index is 1.77. The zero-order chi connectivity index (χ0) is 32.4. The molecule has 43 heavy (non-hydrogen) atoms. The van der Waals surface area contributed by atoms with Crippen LogP contribution in [0.4, 0.5) is 11.5 Å². The number of hydrogen-bond donors (Lipinski definition) is 1. The summed E-state index contributed by atoms with van der Waals surface area (Å²) < 4.78 is 44.5. The lowest BCUT2D eigenvalue weighted by Crippen LogP contribution is -2.50. The van der Waals surface area contributed by atoms with Gasteiger partial charge in [0.05, 0.1) is 37.1 Å². The second kappa shape index (κ2) is 13.3. The van der Waals surface area contributed by atoms with Gasteiger partial charge < -0.3 is 28.3 Å². The summed E-state index contributed by atoms with van der Waals surface area (Å²) in [6.45, 7) is 19.0. The molecule has 1 fully saturated rings. The molecule has 0 spiro atoms. The molecule has 0 radical (unpaired) electrons. The van der Waals surface area contributed by atoms with E-state index in [2.05, 4.69) is 82.6 Å². The maximum atomic E-state index is 13.6. The van der Waals surface area contributed by atoms with Crippen LogP contribution in [0.1, 0.15) is 69.4 Å². The van der Waals surface area contributed by atoms with Gasteiger partial charge in [-0.15, -0.1) is 0 Å². The minimum absolute atomic E-state index is 0.0792. The van der Waals surface area contributed by atoms with Crippen LogP contribution < -0.4 is 15.7 Å². The molecule has 0 aliphatic carbocycles. The van der Waals surface area contributed by atoms with Crippen LogP contribution in [-0.4, -0.2) is 59.5 Å². The smallest absolute Gasteiger partial charge is 0.351 e. The van der Waals surface area contributed by atoms with Crippen LogP contribution in [0.25, 0.3) is 0 Å². The van der Waals surface area contributed by atoms with Crippen molar-refractivity contribution in [3.63, 3.8) is 0 Å². The summed E-state index contributed by atoms with van der Waals surface area (Å²) in [5, 5.41) is 12.2. The lowest BCUT2D eigenvalue weighted by Gasteiger charge is -2.42. The average molecular weight is 633 g/mol. The molecule has 4 rings (SSSR count). The molecular weight excluding hydrogens is 585 g/mol. The summed E-state index contributed by atoms with van der Waals surface area (Å²) in [5.74, 6) is 1.30. The molecule has 0 saturated carbocycles. The van der Waals surface area contributed by atoms with E-state index in [1.165, 1.54) is 4.57 Å². The number of nitrogens with one attached hydrogen (secondary N) is 1. The zero-order valence-corrected chi connectivity index (χ0v) is 28.6. The van der Waals surface area contributed by atoms with Crippen LogP contribution in [-0.2, 0) is 18.2 Å². The first kappa shape index (κ1) is 32.0. The fourth-order valence-electron chi connectivity index (χ4n) is 4.80. The Morgan fingerprint density at radius 3 is 2.53 bits per heavy atom. The quantitative estimate of drug-likeness (QED) is 0.134. The Hall–Kier alpha value is -2.36. The third kappa shape index (κ3) is 7.31. The molecule has 2 aromatic rings. The second-order valence-corrected chi connectivity index (χ2v) is 19.1. The van der Waals surface area contributed by atoms with E-state index < -0.39 is 47.1 Å². The Labute approximate surface area is 258 Å². The van der Waals surface area contributed by atoms with Gasteiger partial charge in [-0.3, -0.25) is 4.57 Å². The first-order valence-electron chi connectivity index (χ1n) is 15.4. The van der Waals surface area contributed by atoms with Gasteiger partial charge in [-0.25, -0.2) is 9.46 Å². The summed E-state index contributed by atoms with van der Waals surface area (Å²) in [4.78, 5) is 17.9. The van der Waals surface area contributed by atoms with Gasteiger partial charge in [-0.05, 0) is 64.9 Å². The maximum absolute atomic E-state index is 13.6. The first-order valence-corrected chi connectivity index (χ1v) is 18.8. The van der Waals surface area contributed by atoms with Gasteiger partial charge in [0.2, 0.25) is 0 Å². The lowest BCUT2D eigenvalue weighted by atomic mass is 10.1. The van der Waals surface area contributed by atoms with Crippen LogP contribution in [0, 0.1) is 11.3 Å². The molecule has 1 N–H and O–H groups in total. The molecule has 2 unspecified atom stereocenters. The summed E-state index contributed by atoms with van der Waals surface area (Å²) in [6, 6.07) is 9.71. The number of benzene rings is 1. The van der Waals surface area contributed by atoms with Crippen molar-refractivity contribution >= 4 is 28.3 Å². The third-order valence-electron chi connectivity index (χ3n) is 7.95. The van der Waals surface area contributed by atoms with E-state index in [0.717, 1.165) is 0 Å². The molecule has 1 aromatic carbocycles. The van der Waals surface area contributed by atoms with Crippen LogP contribution in [0.15, 0.2) is 35.3 Å². The fourth-order valence-corrected chi connectivity index (χ4v) is 7.86. The van der Waals surface area contributed by atoms with Crippen molar-refractivity contribution < 1.29 is 24.3 Å². The number of para-hydroxylation sites is 2. The molecule has 3 heterocycles. The van der Waals surface area contributed by atoms with E-state index in [0.29, 0.717) is 23.0 Å². The third-order valence-corrected chi connectivity index (χ3v) is 14.6. The molecule has 2 aliphatic rings. The predicted octanol–water partition coefficient (Wildman–Crippen LogP) is 7.06. The van der Waals surface area contributed by atoms with Crippen LogP contribution in [0.3, 0.4) is 0 Å². The largest absolute Gasteiger partial charge is 0.450 e. The number of anilines is 2. The maximum Gasteiger partial charge on any atom is 0.351 e. The van der Waals surface area contributed by atoms with Gasteiger partial charge in [0.15, 0.2) is 31.9 Å². The standard InChI is InChI=1S/C30H46N5O6PSi/c1-19(2)35(20(3)4)42(37-17-13-16-31)40-25-21(5)38-28(26(25)41-43(9,10)30(6,7)8)34-18-24-27(33-29(34)36)32-22-14-11-12-15-23(22)39-24/h11-12,14-15,18-21,25-26,28H,13,17H2,1-10H3,(H,32,33,36)/t21-,25?,26+,28-,42?/m1/s1/i5D. The van der Waals surface area contributed by atoms with Crippen molar-refractivity contribution in [2.24, 2.45) is 0 Å². The number of rotatable bonds is 11. The van der Waals surface area contributed by atoms with Crippen molar-refractivity contribution in [2.45, 2.75) is 117 Å². The minimum Gasteiger partial charge on any atom is -0.450 e.